The normalized spacial score (nSPS) is 13.5. The number of amidine groups is 1. The molecule has 1 N–H and O–H groups in total. The topological polar surface area (TPSA) is 46.0 Å². The summed E-state index contributed by atoms with van der Waals surface area (Å²) in [7, 11) is 1.67. The summed E-state index contributed by atoms with van der Waals surface area (Å²) in [4.78, 5) is 4.89. The molecular weight excluding hydrogens is 358 g/mol. The Morgan fingerprint density at radius 3 is 2.21 bits per heavy atom. The second-order valence-electron chi connectivity index (χ2n) is 8.11. The summed E-state index contributed by atoms with van der Waals surface area (Å²) in [5.41, 5.74) is 9.23. The molecule has 0 amide bonds. The molecule has 0 fully saturated rings. The van der Waals surface area contributed by atoms with Gasteiger partial charge in [0.05, 0.1) is 12.8 Å². The summed E-state index contributed by atoms with van der Waals surface area (Å²) in [5.74, 6) is 1.50. The Hall–Kier alpha value is -3.40. The van der Waals surface area contributed by atoms with Gasteiger partial charge in [-0.3, -0.25) is 5.43 Å². The van der Waals surface area contributed by atoms with Crippen LogP contribution in [0.5, 0.6) is 5.75 Å². The van der Waals surface area contributed by atoms with E-state index in [1.807, 2.05) is 48.5 Å². The Labute approximate surface area is 172 Å². The van der Waals surface area contributed by atoms with Gasteiger partial charge in [-0.15, -0.1) is 0 Å². The van der Waals surface area contributed by atoms with E-state index in [9.17, 15) is 0 Å². The Balaban J connectivity index is 1.80. The van der Waals surface area contributed by atoms with Gasteiger partial charge in [0.1, 0.15) is 11.5 Å². The predicted molar refractivity (Wildman–Crippen MR) is 120 cm³/mol. The van der Waals surface area contributed by atoms with Crippen molar-refractivity contribution >= 4 is 17.2 Å². The van der Waals surface area contributed by atoms with Crippen molar-refractivity contribution in [3.8, 4) is 5.75 Å². The van der Waals surface area contributed by atoms with Gasteiger partial charge in [-0.2, -0.15) is 5.10 Å². The fourth-order valence-corrected chi connectivity index (χ4v) is 3.32. The number of methoxy groups -OCH3 is 1. The zero-order valence-electron chi connectivity index (χ0n) is 17.2. The van der Waals surface area contributed by atoms with Gasteiger partial charge in [0.2, 0.25) is 0 Å². The molecule has 0 saturated carbocycles. The van der Waals surface area contributed by atoms with E-state index >= 15 is 0 Å². The maximum absolute atomic E-state index is 5.44. The number of hydrogen-bond donors (Lipinski definition) is 1. The van der Waals surface area contributed by atoms with Gasteiger partial charge in [0.15, 0.2) is 5.84 Å². The second kappa shape index (κ2) is 7.55. The third-order valence-electron chi connectivity index (χ3n) is 5.04. The molecule has 0 aliphatic carbocycles. The number of nitrogens with zero attached hydrogens (tertiary/aromatic N) is 2. The molecule has 1 heterocycles. The lowest BCUT2D eigenvalue weighted by molar-refractivity contribution is 0.415. The first-order valence-electron chi connectivity index (χ1n) is 9.73. The highest BCUT2D eigenvalue weighted by atomic mass is 16.5. The standard InChI is InChI=1S/C25H25N3O/c1-25(2,3)19-12-10-18(11-13-19)24-26-22-15-14-20(29-4)16-21(22)23(27-28-24)17-8-6-5-7-9-17/h5-16H,1-4H3,(H,26,28). The molecule has 0 saturated heterocycles. The summed E-state index contributed by atoms with van der Waals surface area (Å²) < 4.78 is 5.44. The van der Waals surface area contributed by atoms with E-state index in [4.69, 9.17) is 14.8 Å². The Morgan fingerprint density at radius 2 is 1.55 bits per heavy atom. The lowest BCUT2D eigenvalue weighted by atomic mass is 9.86. The number of nitrogens with one attached hydrogen (secondary N) is 1. The highest BCUT2D eigenvalue weighted by Gasteiger charge is 2.19. The van der Waals surface area contributed by atoms with Gasteiger partial charge in [0, 0.05) is 16.7 Å². The minimum atomic E-state index is 0.110. The average molecular weight is 383 g/mol. The number of ether oxygens (including phenoxy) is 1. The molecule has 0 atom stereocenters. The zero-order chi connectivity index (χ0) is 20.4. The number of hydrazone groups is 1. The number of fused-ring (bicyclic) bond motifs is 1. The van der Waals surface area contributed by atoms with Gasteiger partial charge in [-0.1, -0.05) is 75.4 Å². The predicted octanol–water partition coefficient (Wildman–Crippen LogP) is 5.43. The maximum Gasteiger partial charge on any atom is 0.154 e. The van der Waals surface area contributed by atoms with Crippen molar-refractivity contribution in [2.75, 3.05) is 7.11 Å². The van der Waals surface area contributed by atoms with Crippen molar-refractivity contribution in [1.29, 1.82) is 0 Å². The van der Waals surface area contributed by atoms with Crippen molar-refractivity contribution < 1.29 is 4.74 Å². The molecule has 4 rings (SSSR count). The van der Waals surface area contributed by atoms with Crippen LogP contribution in [0.1, 0.15) is 43.0 Å². The first kappa shape index (κ1) is 18.9. The molecule has 0 bridgehead atoms. The van der Waals surface area contributed by atoms with E-state index in [0.29, 0.717) is 0 Å². The van der Waals surface area contributed by atoms with Crippen molar-refractivity contribution in [3.63, 3.8) is 0 Å². The van der Waals surface area contributed by atoms with Crippen LogP contribution in [0.2, 0.25) is 0 Å². The molecule has 0 unspecified atom stereocenters. The fourth-order valence-electron chi connectivity index (χ4n) is 3.32. The van der Waals surface area contributed by atoms with E-state index in [2.05, 4.69) is 50.5 Å². The fraction of sp³-hybridized carbons (Fsp3) is 0.200. The molecule has 4 nitrogen and oxygen atoms in total. The van der Waals surface area contributed by atoms with Gasteiger partial charge in [0.25, 0.3) is 0 Å². The smallest absolute Gasteiger partial charge is 0.154 e. The Kier molecular flexibility index (Phi) is 4.93. The van der Waals surface area contributed by atoms with Crippen LogP contribution in [0, 0.1) is 0 Å². The minimum absolute atomic E-state index is 0.110. The van der Waals surface area contributed by atoms with Gasteiger partial charge in [-0.25, -0.2) is 4.99 Å². The third kappa shape index (κ3) is 3.92. The van der Waals surface area contributed by atoms with Crippen LogP contribution in [-0.2, 0) is 5.41 Å². The monoisotopic (exact) mass is 383 g/mol. The highest BCUT2D eigenvalue weighted by molar-refractivity contribution is 6.18. The van der Waals surface area contributed by atoms with Crippen LogP contribution in [0.3, 0.4) is 0 Å². The number of benzene rings is 3. The maximum atomic E-state index is 5.44. The number of rotatable bonds is 3. The summed E-state index contributed by atoms with van der Waals surface area (Å²) in [5, 5.41) is 4.72. The van der Waals surface area contributed by atoms with Gasteiger partial charge >= 0.3 is 0 Å². The molecule has 3 aromatic rings. The van der Waals surface area contributed by atoms with Crippen molar-refractivity contribution in [2.24, 2.45) is 10.1 Å². The van der Waals surface area contributed by atoms with Crippen LogP contribution in [0.4, 0.5) is 5.69 Å². The van der Waals surface area contributed by atoms with E-state index in [1.165, 1.54) is 5.56 Å². The van der Waals surface area contributed by atoms with Crippen LogP contribution >= 0.6 is 0 Å². The molecule has 4 heteroatoms. The highest BCUT2D eigenvalue weighted by Crippen LogP contribution is 2.30. The van der Waals surface area contributed by atoms with Gasteiger partial charge < -0.3 is 4.74 Å². The van der Waals surface area contributed by atoms with Crippen LogP contribution < -0.4 is 10.2 Å². The Morgan fingerprint density at radius 1 is 0.828 bits per heavy atom. The molecule has 0 radical (unpaired) electrons. The molecule has 0 aromatic heterocycles. The first-order valence-corrected chi connectivity index (χ1v) is 9.73. The van der Waals surface area contributed by atoms with E-state index in [0.717, 1.165) is 39.7 Å². The lowest BCUT2D eigenvalue weighted by Crippen LogP contribution is -2.20. The molecule has 1 aliphatic heterocycles. The summed E-state index contributed by atoms with van der Waals surface area (Å²) in [6, 6.07) is 24.5. The van der Waals surface area contributed by atoms with Crippen molar-refractivity contribution in [3.05, 3.63) is 95.1 Å². The lowest BCUT2D eigenvalue weighted by Gasteiger charge is -2.19. The molecule has 29 heavy (non-hydrogen) atoms. The zero-order valence-corrected chi connectivity index (χ0v) is 17.2. The van der Waals surface area contributed by atoms with Crippen LogP contribution in [0.25, 0.3) is 0 Å². The van der Waals surface area contributed by atoms with Crippen LogP contribution in [0.15, 0.2) is 82.9 Å². The molecule has 1 aliphatic rings. The first-order chi connectivity index (χ1) is 14.0. The summed E-state index contributed by atoms with van der Waals surface area (Å²) in [6.45, 7) is 6.64. The Bertz CT molecular complexity index is 1080. The second-order valence-corrected chi connectivity index (χ2v) is 8.11. The number of aliphatic imine (C=N–C) groups is 1. The molecule has 0 spiro atoms. The number of hydrogen-bond acceptors (Lipinski definition) is 4. The quantitative estimate of drug-likeness (QED) is 0.656. The molecular formula is C25H25N3O. The van der Waals surface area contributed by atoms with Crippen molar-refractivity contribution in [1.82, 2.24) is 5.43 Å². The molecule has 3 aromatic carbocycles. The third-order valence-corrected chi connectivity index (χ3v) is 5.04. The van der Waals surface area contributed by atoms with Gasteiger partial charge in [-0.05, 0) is 29.2 Å². The summed E-state index contributed by atoms with van der Waals surface area (Å²) >= 11 is 0. The largest absolute Gasteiger partial charge is 0.497 e. The SMILES string of the molecule is COc1ccc2c(c1)C(c1ccccc1)=NNC(c1ccc(C(C)(C)C)cc1)=N2. The average Bonchev–Trinajstić information content (AvgIpc) is 2.93. The van der Waals surface area contributed by atoms with E-state index < -0.39 is 0 Å². The summed E-state index contributed by atoms with van der Waals surface area (Å²) in [6.07, 6.45) is 0. The molecule has 146 valence electrons. The van der Waals surface area contributed by atoms with Crippen LogP contribution in [-0.4, -0.2) is 18.7 Å². The van der Waals surface area contributed by atoms with E-state index in [-0.39, 0.29) is 5.41 Å². The minimum Gasteiger partial charge on any atom is -0.497 e. The van der Waals surface area contributed by atoms with E-state index in [1.54, 1.807) is 7.11 Å². The van der Waals surface area contributed by atoms with Crippen molar-refractivity contribution in [2.45, 2.75) is 26.2 Å².